The summed E-state index contributed by atoms with van der Waals surface area (Å²) in [6.45, 7) is 5.87. The van der Waals surface area contributed by atoms with E-state index in [-0.39, 0.29) is 23.5 Å². The van der Waals surface area contributed by atoms with Crippen LogP contribution in [0.15, 0.2) is 83.8 Å². The number of ether oxygens (including phenoxy) is 1. The topological polar surface area (TPSA) is 75.7 Å². The third-order valence-electron chi connectivity index (χ3n) is 5.51. The van der Waals surface area contributed by atoms with Crippen molar-refractivity contribution in [2.45, 2.75) is 44.6 Å². The summed E-state index contributed by atoms with van der Waals surface area (Å²) in [5, 5.41) is 2.95. The van der Waals surface area contributed by atoms with E-state index in [4.69, 9.17) is 4.74 Å². The van der Waals surface area contributed by atoms with Gasteiger partial charge in [0.15, 0.2) is 6.61 Å². The van der Waals surface area contributed by atoms with Crippen LogP contribution in [0.3, 0.4) is 0 Å². The maximum Gasteiger partial charge on any atom is 0.264 e. The summed E-state index contributed by atoms with van der Waals surface area (Å²) in [5.41, 5.74) is 2.78. The van der Waals surface area contributed by atoms with Crippen molar-refractivity contribution in [3.63, 3.8) is 0 Å². The van der Waals surface area contributed by atoms with Crippen LogP contribution in [-0.2, 0) is 21.2 Å². The van der Waals surface area contributed by atoms with E-state index in [0.29, 0.717) is 18.0 Å². The van der Waals surface area contributed by atoms with Crippen LogP contribution in [0.4, 0.5) is 5.69 Å². The maximum atomic E-state index is 13.1. The van der Waals surface area contributed by atoms with Gasteiger partial charge in [-0.2, -0.15) is 0 Å². The largest absolute Gasteiger partial charge is 0.484 e. The number of carbonyl (C=O) groups is 1. The summed E-state index contributed by atoms with van der Waals surface area (Å²) >= 11 is 0. The molecule has 1 N–H and O–H groups in total. The number of rotatable bonds is 11. The van der Waals surface area contributed by atoms with Crippen molar-refractivity contribution in [2.75, 3.05) is 17.5 Å². The Bertz CT molecular complexity index is 1160. The number of nitrogens with one attached hydrogen (secondary N) is 1. The number of aryl methyl sites for hydroxylation is 2. The van der Waals surface area contributed by atoms with E-state index in [1.54, 1.807) is 55.5 Å². The Labute approximate surface area is 202 Å². The normalized spacial score (nSPS) is 12.1. The van der Waals surface area contributed by atoms with Crippen LogP contribution in [0.2, 0.25) is 0 Å². The summed E-state index contributed by atoms with van der Waals surface area (Å²) in [5.74, 6) is 0.307. The van der Waals surface area contributed by atoms with Crippen LogP contribution < -0.4 is 14.4 Å². The molecule has 1 atom stereocenters. The highest BCUT2D eigenvalue weighted by Gasteiger charge is 2.23. The molecule has 0 bridgehead atoms. The molecule has 0 radical (unpaired) electrons. The molecule has 3 aromatic carbocycles. The first-order valence-corrected chi connectivity index (χ1v) is 12.9. The van der Waals surface area contributed by atoms with Crippen LogP contribution in [0.5, 0.6) is 5.75 Å². The Kier molecular flexibility index (Phi) is 8.71. The van der Waals surface area contributed by atoms with Crippen molar-refractivity contribution in [3.8, 4) is 5.75 Å². The number of amides is 1. The SMILES string of the molecule is CCN(c1ccc(OCC(=O)N[C@H](C)CCc2ccccc2)cc1)S(=O)(=O)c1ccc(C)cc1. The van der Waals surface area contributed by atoms with Gasteiger partial charge in [0.1, 0.15) is 5.75 Å². The monoisotopic (exact) mass is 480 g/mol. The predicted molar refractivity (Wildman–Crippen MR) is 136 cm³/mol. The zero-order valence-electron chi connectivity index (χ0n) is 19.9. The fourth-order valence-electron chi connectivity index (χ4n) is 3.60. The molecule has 0 saturated heterocycles. The fraction of sp³-hybridized carbons (Fsp3) is 0.296. The summed E-state index contributed by atoms with van der Waals surface area (Å²) in [4.78, 5) is 12.5. The van der Waals surface area contributed by atoms with Crippen molar-refractivity contribution in [1.29, 1.82) is 0 Å². The van der Waals surface area contributed by atoms with Gasteiger partial charge in [-0.05, 0) is 75.6 Å². The molecule has 0 saturated carbocycles. The lowest BCUT2D eigenvalue weighted by Gasteiger charge is -2.23. The van der Waals surface area contributed by atoms with Crippen molar-refractivity contribution >= 4 is 21.6 Å². The molecular formula is C27H32N2O4S. The summed E-state index contributed by atoms with van der Waals surface area (Å²) in [6, 6.07) is 23.7. The maximum absolute atomic E-state index is 13.1. The second-order valence-electron chi connectivity index (χ2n) is 8.26. The standard InChI is InChI=1S/C27H32N2O4S/c1-4-29(34(31,32)26-18-10-21(2)11-19-26)24-14-16-25(17-15-24)33-20-27(30)28-22(3)12-13-23-8-6-5-7-9-23/h5-11,14-19,22H,4,12-13,20H2,1-3H3,(H,28,30)/t22-/m1/s1. The van der Waals surface area contributed by atoms with E-state index in [1.807, 2.05) is 32.0 Å². The molecule has 180 valence electrons. The minimum atomic E-state index is -3.67. The number of carbonyl (C=O) groups excluding carboxylic acids is 1. The molecule has 1 amide bonds. The van der Waals surface area contributed by atoms with E-state index < -0.39 is 10.0 Å². The molecule has 3 rings (SSSR count). The Balaban J connectivity index is 1.53. The smallest absolute Gasteiger partial charge is 0.264 e. The zero-order valence-corrected chi connectivity index (χ0v) is 20.7. The highest BCUT2D eigenvalue weighted by Crippen LogP contribution is 2.26. The van der Waals surface area contributed by atoms with E-state index in [1.165, 1.54) is 9.87 Å². The van der Waals surface area contributed by atoms with Crippen molar-refractivity contribution in [1.82, 2.24) is 5.32 Å². The molecule has 0 fully saturated rings. The van der Waals surface area contributed by atoms with E-state index in [0.717, 1.165) is 18.4 Å². The van der Waals surface area contributed by atoms with Crippen LogP contribution >= 0.6 is 0 Å². The molecule has 6 nitrogen and oxygen atoms in total. The number of nitrogens with zero attached hydrogens (tertiary/aromatic N) is 1. The molecule has 0 heterocycles. The lowest BCUT2D eigenvalue weighted by molar-refractivity contribution is -0.123. The average molecular weight is 481 g/mol. The van der Waals surface area contributed by atoms with Gasteiger partial charge in [0.05, 0.1) is 10.6 Å². The van der Waals surface area contributed by atoms with Crippen molar-refractivity contribution in [2.24, 2.45) is 0 Å². The minimum absolute atomic E-state index is 0.0313. The highest BCUT2D eigenvalue weighted by atomic mass is 32.2. The lowest BCUT2D eigenvalue weighted by atomic mass is 10.1. The number of hydrogen-bond acceptors (Lipinski definition) is 4. The quantitative estimate of drug-likeness (QED) is 0.431. The van der Waals surface area contributed by atoms with E-state index in [9.17, 15) is 13.2 Å². The third kappa shape index (κ3) is 6.84. The van der Waals surface area contributed by atoms with Crippen LogP contribution in [-0.4, -0.2) is 33.5 Å². The summed E-state index contributed by atoms with van der Waals surface area (Å²) in [7, 11) is -3.67. The molecular weight excluding hydrogens is 448 g/mol. The van der Waals surface area contributed by atoms with Gasteiger partial charge in [0, 0.05) is 12.6 Å². The molecule has 7 heteroatoms. The second kappa shape index (κ2) is 11.7. The molecule has 0 aliphatic rings. The van der Waals surface area contributed by atoms with Gasteiger partial charge in [-0.25, -0.2) is 8.42 Å². The number of sulfonamides is 1. The fourth-order valence-corrected chi connectivity index (χ4v) is 5.08. The minimum Gasteiger partial charge on any atom is -0.484 e. The molecule has 0 aliphatic heterocycles. The van der Waals surface area contributed by atoms with E-state index >= 15 is 0 Å². The van der Waals surface area contributed by atoms with Gasteiger partial charge in [0.25, 0.3) is 15.9 Å². The Hall–Kier alpha value is -3.32. The molecule has 0 aromatic heterocycles. The van der Waals surface area contributed by atoms with Crippen LogP contribution in [0.1, 0.15) is 31.4 Å². The van der Waals surface area contributed by atoms with Crippen LogP contribution in [0.25, 0.3) is 0 Å². The Morgan fingerprint density at radius 3 is 2.24 bits per heavy atom. The predicted octanol–water partition coefficient (Wildman–Crippen LogP) is 4.73. The summed E-state index contributed by atoms with van der Waals surface area (Å²) in [6.07, 6.45) is 1.73. The second-order valence-corrected chi connectivity index (χ2v) is 10.1. The summed E-state index contributed by atoms with van der Waals surface area (Å²) < 4.78 is 33.1. The van der Waals surface area contributed by atoms with Gasteiger partial charge in [0.2, 0.25) is 0 Å². The lowest BCUT2D eigenvalue weighted by Crippen LogP contribution is -2.36. The first-order chi connectivity index (χ1) is 16.3. The highest BCUT2D eigenvalue weighted by molar-refractivity contribution is 7.92. The van der Waals surface area contributed by atoms with Gasteiger partial charge in [-0.3, -0.25) is 9.10 Å². The van der Waals surface area contributed by atoms with Gasteiger partial charge in [-0.15, -0.1) is 0 Å². The molecule has 0 aliphatic carbocycles. The first-order valence-electron chi connectivity index (χ1n) is 11.4. The van der Waals surface area contributed by atoms with Gasteiger partial charge < -0.3 is 10.1 Å². The number of benzene rings is 3. The van der Waals surface area contributed by atoms with Gasteiger partial charge >= 0.3 is 0 Å². The average Bonchev–Trinajstić information content (AvgIpc) is 2.83. The van der Waals surface area contributed by atoms with Crippen LogP contribution in [0, 0.1) is 6.92 Å². The van der Waals surface area contributed by atoms with Crippen molar-refractivity contribution in [3.05, 3.63) is 90.0 Å². The number of hydrogen-bond donors (Lipinski definition) is 1. The first kappa shape index (κ1) is 25.3. The van der Waals surface area contributed by atoms with Crippen molar-refractivity contribution < 1.29 is 17.9 Å². The zero-order chi connectivity index (χ0) is 24.6. The third-order valence-corrected chi connectivity index (χ3v) is 7.42. The Morgan fingerprint density at radius 1 is 0.971 bits per heavy atom. The molecule has 0 spiro atoms. The van der Waals surface area contributed by atoms with E-state index in [2.05, 4.69) is 17.4 Å². The molecule has 3 aromatic rings. The van der Waals surface area contributed by atoms with Gasteiger partial charge in [-0.1, -0.05) is 48.0 Å². The molecule has 0 unspecified atom stereocenters. The Morgan fingerprint density at radius 2 is 1.62 bits per heavy atom. The molecule has 34 heavy (non-hydrogen) atoms. The number of anilines is 1.